The van der Waals surface area contributed by atoms with E-state index in [4.69, 9.17) is 10.2 Å². The first-order chi connectivity index (χ1) is 6.93. The van der Waals surface area contributed by atoms with E-state index in [0.717, 1.165) is 6.92 Å². The average molecular weight is 223 g/mol. The van der Waals surface area contributed by atoms with Gasteiger partial charge in [-0.25, -0.2) is 0 Å². The van der Waals surface area contributed by atoms with Gasteiger partial charge in [-0.2, -0.15) is 0 Å². The zero-order valence-corrected chi connectivity index (χ0v) is 8.20. The molecule has 0 aliphatic rings. The molecule has 0 aromatic carbocycles. The summed E-state index contributed by atoms with van der Waals surface area (Å²) in [4.78, 5) is 21.1. The molecule has 7 heteroatoms. The lowest BCUT2D eigenvalue weighted by Crippen LogP contribution is -2.53. The molecule has 0 aliphatic heterocycles. The van der Waals surface area contributed by atoms with Crippen LogP contribution in [0.1, 0.15) is 6.92 Å². The van der Waals surface area contributed by atoms with Gasteiger partial charge >= 0.3 is 0 Å². The lowest BCUT2D eigenvalue weighted by Gasteiger charge is -2.25. The van der Waals surface area contributed by atoms with Crippen molar-refractivity contribution in [1.82, 2.24) is 5.32 Å². The fourth-order valence-corrected chi connectivity index (χ4v) is 0.983. The van der Waals surface area contributed by atoms with Crippen LogP contribution < -0.4 is 5.32 Å². The first-order valence-electron chi connectivity index (χ1n) is 4.31. The van der Waals surface area contributed by atoms with Crippen molar-refractivity contribution in [3.63, 3.8) is 0 Å². The molecule has 0 aromatic heterocycles. The molecular formula is C8H15NO6. The van der Waals surface area contributed by atoms with Gasteiger partial charge in [-0.15, -0.1) is 0 Å². The van der Waals surface area contributed by atoms with Crippen molar-refractivity contribution in [2.75, 3.05) is 6.61 Å². The van der Waals surface area contributed by atoms with Crippen LogP contribution in [-0.4, -0.2) is 63.6 Å². The van der Waals surface area contributed by atoms with E-state index in [1.807, 2.05) is 0 Å². The van der Waals surface area contributed by atoms with Crippen molar-refractivity contribution < 1.29 is 30.0 Å². The molecule has 0 radical (unpaired) electrons. The maximum atomic E-state index is 10.6. The van der Waals surface area contributed by atoms with E-state index in [0.29, 0.717) is 0 Å². The molecule has 0 aromatic rings. The predicted octanol–water partition coefficient (Wildman–Crippen LogP) is -3.23. The molecule has 0 spiro atoms. The van der Waals surface area contributed by atoms with Gasteiger partial charge in [0.2, 0.25) is 5.91 Å². The summed E-state index contributed by atoms with van der Waals surface area (Å²) in [6, 6.07) is -1.32. The number of hydrogen-bond acceptors (Lipinski definition) is 6. The third-order valence-corrected chi connectivity index (χ3v) is 1.82. The van der Waals surface area contributed by atoms with Gasteiger partial charge in [0.25, 0.3) is 0 Å². The quantitative estimate of drug-likeness (QED) is 0.238. The highest BCUT2D eigenvalue weighted by atomic mass is 18.1. The zero-order valence-electron chi connectivity index (χ0n) is 8.20. The van der Waals surface area contributed by atoms with Gasteiger partial charge in [0.1, 0.15) is 30.6 Å². The third-order valence-electron chi connectivity index (χ3n) is 1.82. The van der Waals surface area contributed by atoms with Crippen molar-refractivity contribution in [1.29, 1.82) is 0 Å². The molecule has 7 nitrogen and oxygen atoms in total. The number of hydrogen-bond donors (Lipinski definition) is 5. The molecule has 5 N–H and O–H groups in total. The number of rotatable bonds is 6. The Hall–Kier alpha value is -1.02. The zero-order chi connectivity index (χ0) is 12.0. The number of carbonyl (C=O) groups is 2. The molecule has 0 unspecified atom stereocenters. The summed E-state index contributed by atoms with van der Waals surface area (Å²) in [5, 5.41) is 38.2. The number of aliphatic hydroxyl groups excluding tert-OH is 4. The smallest absolute Gasteiger partial charge is 0.217 e. The lowest BCUT2D eigenvalue weighted by atomic mass is 10.0. The standard InChI is InChI=1S/C8H15NO6/c1-4(12)9-5(2-10)7(14)8(15)6(13)3-11/h2,5-8,11,13-15H,3H2,1H3,(H,9,12)/t5-,6-,7-,8-/m1/s1/i12+2. The maximum absolute atomic E-state index is 10.6. The fraction of sp³-hybridized carbons (Fsp3) is 0.750. The number of carbonyl (C=O) groups excluding carboxylic acids is 2. The highest BCUT2D eigenvalue weighted by Crippen LogP contribution is 2.03. The fourth-order valence-electron chi connectivity index (χ4n) is 0.983. The summed E-state index contributed by atoms with van der Waals surface area (Å²) in [5.41, 5.74) is 0. The van der Waals surface area contributed by atoms with Crippen LogP contribution in [0.15, 0.2) is 0 Å². The second-order valence-corrected chi connectivity index (χ2v) is 3.09. The van der Waals surface area contributed by atoms with E-state index in [9.17, 15) is 19.8 Å². The van der Waals surface area contributed by atoms with Gasteiger partial charge in [0.05, 0.1) is 6.61 Å². The van der Waals surface area contributed by atoms with E-state index >= 15 is 0 Å². The normalized spacial score (nSPS) is 18.7. The van der Waals surface area contributed by atoms with Crippen molar-refractivity contribution in [3.05, 3.63) is 0 Å². The predicted molar refractivity (Wildman–Crippen MR) is 48.8 cm³/mol. The van der Waals surface area contributed by atoms with Gasteiger partial charge in [0, 0.05) is 6.92 Å². The van der Waals surface area contributed by atoms with Gasteiger partial charge in [-0.3, -0.25) is 4.79 Å². The summed E-state index contributed by atoms with van der Waals surface area (Å²) in [5.74, 6) is -0.558. The maximum Gasteiger partial charge on any atom is 0.217 e. The lowest BCUT2D eigenvalue weighted by molar-refractivity contribution is -0.129. The first kappa shape index (κ1) is 14.0. The number of nitrogens with one attached hydrogen (secondary N) is 1. The Morgan fingerprint density at radius 3 is 2.27 bits per heavy atom. The Bertz CT molecular complexity index is 221. The van der Waals surface area contributed by atoms with Crippen molar-refractivity contribution >= 4 is 12.2 Å². The second kappa shape index (κ2) is 6.46. The Labute approximate surface area is 86.3 Å². The summed E-state index contributed by atoms with van der Waals surface area (Å²) < 4.78 is 0. The molecular weight excluding hydrogens is 208 g/mol. The highest BCUT2D eigenvalue weighted by Gasteiger charge is 2.31. The van der Waals surface area contributed by atoms with E-state index in [2.05, 4.69) is 5.32 Å². The van der Waals surface area contributed by atoms with Crippen LogP contribution in [0.4, 0.5) is 0 Å². The van der Waals surface area contributed by atoms with Gasteiger partial charge in [-0.05, 0) is 0 Å². The van der Waals surface area contributed by atoms with Crippen LogP contribution in [0.5, 0.6) is 0 Å². The Balaban J connectivity index is 4.42. The van der Waals surface area contributed by atoms with Gasteiger partial charge in [0.15, 0.2) is 0 Å². The minimum Gasteiger partial charge on any atom is -0.394 e. The topological polar surface area (TPSA) is 127 Å². The van der Waals surface area contributed by atoms with Crippen LogP contribution in [0, 0.1) is 0 Å². The van der Waals surface area contributed by atoms with Crippen molar-refractivity contribution in [2.24, 2.45) is 0 Å². The molecule has 88 valence electrons. The summed E-state index contributed by atoms with van der Waals surface area (Å²) in [6.45, 7) is 0.377. The Morgan fingerprint density at radius 2 is 1.93 bits per heavy atom. The van der Waals surface area contributed by atoms with Crippen LogP contribution >= 0.6 is 0 Å². The number of amides is 1. The van der Waals surface area contributed by atoms with Gasteiger partial charge < -0.3 is 30.5 Å². The van der Waals surface area contributed by atoms with E-state index in [1.165, 1.54) is 0 Å². The number of aldehydes is 1. The SMILES string of the molecule is CC(=[18O])N[C@H](C=O)[C@@H](O)[C@H](O)[C@H](O)CO. The molecule has 4 atom stereocenters. The largest absolute Gasteiger partial charge is 0.394 e. The van der Waals surface area contributed by atoms with Crippen LogP contribution in [0.3, 0.4) is 0 Å². The summed E-state index contributed by atoms with van der Waals surface area (Å²) >= 11 is 0. The van der Waals surface area contributed by atoms with E-state index < -0.39 is 36.9 Å². The van der Waals surface area contributed by atoms with E-state index in [1.54, 1.807) is 0 Å². The van der Waals surface area contributed by atoms with Gasteiger partial charge in [-0.1, -0.05) is 0 Å². The molecule has 0 heterocycles. The van der Waals surface area contributed by atoms with Crippen LogP contribution in [0.2, 0.25) is 0 Å². The van der Waals surface area contributed by atoms with Crippen molar-refractivity contribution in [3.8, 4) is 0 Å². The van der Waals surface area contributed by atoms with Crippen LogP contribution in [0.25, 0.3) is 0 Å². The Morgan fingerprint density at radius 1 is 1.40 bits per heavy atom. The molecule has 1 amide bonds. The second-order valence-electron chi connectivity index (χ2n) is 3.09. The van der Waals surface area contributed by atoms with Crippen molar-refractivity contribution in [2.45, 2.75) is 31.3 Å². The Kier molecular flexibility index (Phi) is 6.02. The highest BCUT2D eigenvalue weighted by molar-refractivity contribution is 5.77. The monoisotopic (exact) mass is 223 g/mol. The summed E-state index contributed by atoms with van der Waals surface area (Å²) in [7, 11) is 0. The molecule has 0 saturated carbocycles. The minimum atomic E-state index is -1.71. The summed E-state index contributed by atoms with van der Waals surface area (Å²) in [6.07, 6.45) is -4.72. The average Bonchev–Trinajstić information content (AvgIpc) is 2.22. The first-order valence-corrected chi connectivity index (χ1v) is 4.31. The molecule has 0 fully saturated rings. The van der Waals surface area contributed by atoms with E-state index in [-0.39, 0.29) is 6.29 Å². The van der Waals surface area contributed by atoms with Crippen LogP contribution in [-0.2, 0) is 9.59 Å². The molecule has 0 saturated heterocycles. The molecule has 0 aliphatic carbocycles. The molecule has 0 rings (SSSR count). The molecule has 15 heavy (non-hydrogen) atoms. The number of aliphatic hydroxyl groups is 4. The third kappa shape index (κ3) is 4.34. The molecule has 0 bridgehead atoms. The minimum absolute atomic E-state index is 0.235.